The topological polar surface area (TPSA) is 51.8 Å². The molecule has 2 rings (SSSR count). The molecule has 2 aromatic rings. The molecule has 0 saturated carbocycles. The molecule has 0 fully saturated rings. The summed E-state index contributed by atoms with van der Waals surface area (Å²) in [6.45, 7) is 1.98. The Morgan fingerprint density at radius 1 is 1.40 bits per heavy atom. The molecule has 3 nitrogen and oxygen atoms in total. The van der Waals surface area contributed by atoms with Gasteiger partial charge in [0.15, 0.2) is 0 Å². The van der Waals surface area contributed by atoms with Gasteiger partial charge in [0, 0.05) is 35.9 Å². The lowest BCUT2D eigenvalue weighted by Gasteiger charge is -2.11. The maximum Gasteiger partial charge on any atom is 0.0943 e. The maximum absolute atomic E-state index is 6.11. The third kappa shape index (κ3) is 2.40. The molecule has 0 aliphatic heterocycles. The second-order valence-corrected chi connectivity index (χ2v) is 4.39. The highest BCUT2D eigenvalue weighted by Gasteiger charge is 2.11. The van der Waals surface area contributed by atoms with Crippen molar-refractivity contribution in [2.75, 3.05) is 0 Å². The highest BCUT2D eigenvalue weighted by atomic mass is 32.1. The van der Waals surface area contributed by atoms with Crippen LogP contribution in [0.3, 0.4) is 0 Å². The SMILES string of the molecule is Cc1ncccc1C(N)Cc1nccs1. The molecule has 2 heterocycles. The van der Waals surface area contributed by atoms with Gasteiger partial charge in [0.2, 0.25) is 0 Å². The number of rotatable bonds is 3. The van der Waals surface area contributed by atoms with E-state index in [1.807, 2.05) is 30.6 Å². The Hall–Kier alpha value is -1.26. The van der Waals surface area contributed by atoms with Crippen LogP contribution in [0.5, 0.6) is 0 Å². The van der Waals surface area contributed by atoms with Crippen molar-refractivity contribution in [3.8, 4) is 0 Å². The van der Waals surface area contributed by atoms with Crippen LogP contribution >= 0.6 is 11.3 Å². The fourth-order valence-corrected chi connectivity index (χ4v) is 2.22. The number of nitrogens with zero attached hydrogens (tertiary/aromatic N) is 2. The van der Waals surface area contributed by atoms with Crippen molar-refractivity contribution in [1.29, 1.82) is 0 Å². The zero-order valence-corrected chi connectivity index (χ0v) is 9.37. The number of aromatic nitrogens is 2. The van der Waals surface area contributed by atoms with E-state index in [0.29, 0.717) is 0 Å². The minimum Gasteiger partial charge on any atom is -0.324 e. The lowest BCUT2D eigenvalue weighted by molar-refractivity contribution is 0.707. The van der Waals surface area contributed by atoms with Gasteiger partial charge in [-0.3, -0.25) is 4.98 Å². The summed E-state index contributed by atoms with van der Waals surface area (Å²) in [5.41, 5.74) is 8.22. The standard InChI is InChI=1S/C11H13N3S/c1-8-9(3-2-4-13-8)10(12)7-11-14-5-6-15-11/h2-6,10H,7,12H2,1H3. The first-order chi connectivity index (χ1) is 7.27. The molecule has 1 unspecified atom stereocenters. The van der Waals surface area contributed by atoms with Gasteiger partial charge in [-0.25, -0.2) is 4.98 Å². The Morgan fingerprint density at radius 2 is 2.27 bits per heavy atom. The summed E-state index contributed by atoms with van der Waals surface area (Å²) in [6, 6.07) is 3.94. The monoisotopic (exact) mass is 219 g/mol. The second-order valence-electron chi connectivity index (χ2n) is 3.41. The Kier molecular flexibility index (Phi) is 3.08. The van der Waals surface area contributed by atoms with Crippen LogP contribution in [-0.4, -0.2) is 9.97 Å². The summed E-state index contributed by atoms with van der Waals surface area (Å²) in [5, 5.41) is 3.05. The van der Waals surface area contributed by atoms with E-state index in [1.165, 1.54) is 0 Å². The molecule has 0 saturated heterocycles. The highest BCUT2D eigenvalue weighted by molar-refractivity contribution is 7.09. The minimum atomic E-state index is -0.00940. The van der Waals surface area contributed by atoms with E-state index in [9.17, 15) is 0 Å². The third-order valence-electron chi connectivity index (χ3n) is 2.33. The number of nitrogens with two attached hydrogens (primary N) is 1. The first-order valence-electron chi connectivity index (χ1n) is 4.83. The predicted molar refractivity (Wildman–Crippen MR) is 61.7 cm³/mol. The molecule has 4 heteroatoms. The summed E-state index contributed by atoms with van der Waals surface area (Å²) >= 11 is 1.64. The highest BCUT2D eigenvalue weighted by Crippen LogP contribution is 2.18. The summed E-state index contributed by atoms with van der Waals surface area (Å²) in [5.74, 6) is 0. The molecule has 15 heavy (non-hydrogen) atoms. The van der Waals surface area contributed by atoms with E-state index in [2.05, 4.69) is 9.97 Å². The van der Waals surface area contributed by atoms with Crippen molar-refractivity contribution < 1.29 is 0 Å². The van der Waals surface area contributed by atoms with Crippen LogP contribution in [0.15, 0.2) is 29.9 Å². The fraction of sp³-hybridized carbons (Fsp3) is 0.273. The summed E-state index contributed by atoms with van der Waals surface area (Å²) in [6.07, 6.45) is 4.38. The largest absolute Gasteiger partial charge is 0.324 e. The fourth-order valence-electron chi connectivity index (χ4n) is 1.54. The van der Waals surface area contributed by atoms with E-state index >= 15 is 0 Å². The van der Waals surface area contributed by atoms with Crippen LogP contribution < -0.4 is 5.73 Å². The average Bonchev–Trinajstić information content (AvgIpc) is 2.71. The molecule has 0 aliphatic rings. The smallest absolute Gasteiger partial charge is 0.0943 e. The van der Waals surface area contributed by atoms with Crippen LogP contribution in [0.4, 0.5) is 0 Å². The van der Waals surface area contributed by atoms with Crippen molar-refractivity contribution in [2.24, 2.45) is 5.73 Å². The predicted octanol–water partition coefficient (Wildman–Crippen LogP) is 2.09. The number of hydrogen-bond acceptors (Lipinski definition) is 4. The zero-order valence-electron chi connectivity index (χ0n) is 8.55. The van der Waals surface area contributed by atoms with E-state index in [1.54, 1.807) is 17.5 Å². The van der Waals surface area contributed by atoms with Crippen LogP contribution in [0, 0.1) is 6.92 Å². The number of thiazole rings is 1. The van der Waals surface area contributed by atoms with Crippen LogP contribution in [-0.2, 0) is 6.42 Å². The molecule has 2 aromatic heterocycles. The van der Waals surface area contributed by atoms with Gasteiger partial charge in [-0.05, 0) is 18.6 Å². The molecule has 0 aromatic carbocycles. The first kappa shape index (κ1) is 10.3. The quantitative estimate of drug-likeness (QED) is 0.860. The number of aryl methyl sites for hydroxylation is 1. The van der Waals surface area contributed by atoms with Gasteiger partial charge in [0.25, 0.3) is 0 Å². The van der Waals surface area contributed by atoms with E-state index < -0.39 is 0 Å². The van der Waals surface area contributed by atoms with Crippen molar-refractivity contribution in [1.82, 2.24) is 9.97 Å². The minimum absolute atomic E-state index is 0.00940. The van der Waals surface area contributed by atoms with Gasteiger partial charge in [-0.15, -0.1) is 11.3 Å². The Bertz CT molecular complexity index is 425. The number of hydrogen-bond donors (Lipinski definition) is 1. The zero-order chi connectivity index (χ0) is 10.7. The normalized spacial score (nSPS) is 12.7. The molecule has 2 N–H and O–H groups in total. The average molecular weight is 219 g/mol. The molecule has 0 bridgehead atoms. The molecule has 0 amide bonds. The van der Waals surface area contributed by atoms with Gasteiger partial charge in [0.05, 0.1) is 5.01 Å². The van der Waals surface area contributed by atoms with Gasteiger partial charge in [-0.2, -0.15) is 0 Å². The van der Waals surface area contributed by atoms with Gasteiger partial charge in [0.1, 0.15) is 0 Å². The first-order valence-corrected chi connectivity index (χ1v) is 5.71. The van der Waals surface area contributed by atoms with Crippen LogP contribution in [0.2, 0.25) is 0 Å². The van der Waals surface area contributed by atoms with E-state index in [0.717, 1.165) is 22.7 Å². The van der Waals surface area contributed by atoms with Gasteiger partial charge in [-0.1, -0.05) is 6.07 Å². The molecule has 1 atom stereocenters. The third-order valence-corrected chi connectivity index (χ3v) is 3.13. The summed E-state index contributed by atoms with van der Waals surface area (Å²) in [7, 11) is 0. The van der Waals surface area contributed by atoms with Crippen LogP contribution in [0.25, 0.3) is 0 Å². The Morgan fingerprint density at radius 3 is 2.93 bits per heavy atom. The van der Waals surface area contributed by atoms with Crippen molar-refractivity contribution in [3.63, 3.8) is 0 Å². The van der Waals surface area contributed by atoms with Crippen molar-refractivity contribution >= 4 is 11.3 Å². The lowest BCUT2D eigenvalue weighted by atomic mass is 10.0. The van der Waals surface area contributed by atoms with Gasteiger partial charge >= 0.3 is 0 Å². The molecule has 0 aliphatic carbocycles. The Labute approximate surface area is 93.0 Å². The summed E-state index contributed by atoms with van der Waals surface area (Å²) < 4.78 is 0. The van der Waals surface area contributed by atoms with Crippen molar-refractivity contribution in [3.05, 3.63) is 46.2 Å². The van der Waals surface area contributed by atoms with Crippen molar-refractivity contribution in [2.45, 2.75) is 19.4 Å². The van der Waals surface area contributed by atoms with Gasteiger partial charge < -0.3 is 5.73 Å². The number of pyridine rings is 1. The molecular formula is C11H13N3S. The molecular weight excluding hydrogens is 206 g/mol. The van der Waals surface area contributed by atoms with E-state index in [4.69, 9.17) is 5.73 Å². The second kappa shape index (κ2) is 4.51. The van der Waals surface area contributed by atoms with E-state index in [-0.39, 0.29) is 6.04 Å². The molecule has 0 radical (unpaired) electrons. The maximum atomic E-state index is 6.11. The molecule has 0 spiro atoms. The van der Waals surface area contributed by atoms with Crippen LogP contribution in [0.1, 0.15) is 22.3 Å². The summed E-state index contributed by atoms with van der Waals surface area (Å²) in [4.78, 5) is 8.46. The lowest BCUT2D eigenvalue weighted by Crippen LogP contribution is -2.15. The Balaban J connectivity index is 2.15. The molecule has 78 valence electrons.